The molecule has 4 aliphatic heterocycles. The number of carbonyl (C=O) groups excluding carboxylic acids is 3. The van der Waals surface area contributed by atoms with Gasteiger partial charge in [0.05, 0.1) is 109 Å². The van der Waals surface area contributed by atoms with Gasteiger partial charge in [0.25, 0.3) is 0 Å². The van der Waals surface area contributed by atoms with E-state index in [1.54, 1.807) is 97.1 Å². The molecule has 0 bridgehead atoms. The van der Waals surface area contributed by atoms with Crippen LogP contribution in [0.2, 0.25) is 0 Å². The second-order valence-corrected chi connectivity index (χ2v) is 33.0. The molecular weight excluding hydrogens is 1720 g/mol. The van der Waals surface area contributed by atoms with Crippen LogP contribution < -0.4 is 0 Å². The predicted octanol–water partition coefficient (Wildman–Crippen LogP) is 17.1. The van der Waals surface area contributed by atoms with Gasteiger partial charge in [-0.15, -0.1) is 6.58 Å². The highest BCUT2D eigenvalue weighted by Crippen LogP contribution is 2.41. The molecule has 1 N–H and O–H groups in total. The lowest BCUT2D eigenvalue weighted by Crippen LogP contribution is -2.67. The Hall–Kier alpha value is -11.9. The molecule has 700 valence electrons. The van der Waals surface area contributed by atoms with Crippen LogP contribution in [0.3, 0.4) is 0 Å². The topological polar surface area (TPSA) is 256 Å². The summed E-state index contributed by atoms with van der Waals surface area (Å²) in [6.07, 6.45) is -25.2. The summed E-state index contributed by atoms with van der Waals surface area (Å²) in [5.74, 6) is -2.20. The van der Waals surface area contributed by atoms with Gasteiger partial charge in [-0.2, -0.15) is 0 Å². The van der Waals surface area contributed by atoms with Gasteiger partial charge in [0.15, 0.2) is 43.5 Å². The Kier molecular flexibility index (Phi) is 36.0. The van der Waals surface area contributed by atoms with Crippen molar-refractivity contribution in [1.29, 1.82) is 0 Å². The van der Waals surface area contributed by atoms with Crippen LogP contribution in [0, 0.1) is 0 Å². The summed E-state index contributed by atoms with van der Waals surface area (Å²) >= 11 is 0. The second-order valence-electron chi connectivity index (χ2n) is 33.0. The molecule has 0 saturated carbocycles. The lowest BCUT2D eigenvalue weighted by Gasteiger charge is -2.50. The second kappa shape index (κ2) is 50.6. The monoisotopic (exact) mass is 1830 g/mol. The minimum Gasteiger partial charge on any atom is -0.450 e. The van der Waals surface area contributed by atoms with Gasteiger partial charge in [0.1, 0.15) is 79.4 Å². The molecule has 12 aromatic rings. The molecule has 0 spiro atoms. The highest BCUT2D eigenvalue weighted by Gasteiger charge is 2.58. The van der Waals surface area contributed by atoms with Crippen LogP contribution in [0.5, 0.6) is 0 Å². The molecule has 12 aromatic carbocycles. The zero-order chi connectivity index (χ0) is 92.4. The van der Waals surface area contributed by atoms with Crippen molar-refractivity contribution in [1.82, 2.24) is 0 Å². The molecule has 4 heterocycles. The maximum absolute atomic E-state index is 15.4. The average molecular weight is 1830 g/mol. The first kappa shape index (κ1) is 96.2. The number of benzene rings is 12. The van der Waals surface area contributed by atoms with E-state index in [0.717, 1.165) is 50.1 Å². The molecule has 24 nitrogen and oxygen atoms in total. The summed E-state index contributed by atoms with van der Waals surface area (Å²) in [5, 5.41) is 12.1. The Morgan fingerprint density at radius 1 is 0.237 bits per heavy atom. The summed E-state index contributed by atoms with van der Waals surface area (Å²) < 4.78 is 143. The molecule has 16 rings (SSSR count). The smallest absolute Gasteiger partial charge is 0.338 e. The fraction of sp³-hybridized carbons (Fsp3) is 0.306. The minimum atomic E-state index is -1.66. The lowest BCUT2D eigenvalue weighted by molar-refractivity contribution is -0.384. The number of esters is 3. The van der Waals surface area contributed by atoms with E-state index in [2.05, 4.69) is 6.58 Å². The number of aliphatic hydroxyl groups is 1. The fourth-order valence-electron chi connectivity index (χ4n) is 16.7. The van der Waals surface area contributed by atoms with E-state index in [0.29, 0.717) is 0 Å². The van der Waals surface area contributed by atoms with E-state index in [4.69, 9.17) is 94.7 Å². The first-order chi connectivity index (χ1) is 66.6. The molecule has 135 heavy (non-hydrogen) atoms. The van der Waals surface area contributed by atoms with Crippen LogP contribution >= 0.6 is 0 Å². The Balaban J connectivity index is 0.824. The summed E-state index contributed by atoms with van der Waals surface area (Å²) in [5.41, 5.74) is 7.79. The van der Waals surface area contributed by atoms with E-state index >= 15 is 9.59 Å². The molecule has 24 heteroatoms. The van der Waals surface area contributed by atoms with Gasteiger partial charge >= 0.3 is 17.9 Å². The quantitative estimate of drug-likeness (QED) is 0.0211. The van der Waals surface area contributed by atoms with Crippen LogP contribution in [0.4, 0.5) is 0 Å². The van der Waals surface area contributed by atoms with Crippen molar-refractivity contribution < 1.29 is 114 Å². The van der Waals surface area contributed by atoms with Crippen molar-refractivity contribution in [3.05, 3.63) is 443 Å². The van der Waals surface area contributed by atoms with Crippen LogP contribution in [0.15, 0.2) is 377 Å². The Bertz CT molecular complexity index is 5450. The van der Waals surface area contributed by atoms with E-state index in [9.17, 15) is 9.90 Å². The largest absolute Gasteiger partial charge is 0.450 e. The van der Waals surface area contributed by atoms with Gasteiger partial charge in [-0.05, 0) is 86.5 Å². The third-order valence-corrected chi connectivity index (χ3v) is 23.5. The first-order valence-corrected chi connectivity index (χ1v) is 45.6. The molecule has 4 saturated heterocycles. The molecule has 4 aliphatic rings. The van der Waals surface area contributed by atoms with E-state index < -0.39 is 161 Å². The fourth-order valence-corrected chi connectivity index (χ4v) is 16.7. The molecule has 0 aromatic heterocycles. The van der Waals surface area contributed by atoms with Crippen LogP contribution in [-0.4, -0.2) is 179 Å². The molecule has 20 atom stereocenters. The van der Waals surface area contributed by atoms with Crippen LogP contribution in [0.25, 0.3) is 0 Å². The summed E-state index contributed by atoms with van der Waals surface area (Å²) in [6.45, 7) is 2.25. The molecule has 4 fully saturated rings. The van der Waals surface area contributed by atoms with Crippen molar-refractivity contribution in [2.24, 2.45) is 0 Å². The summed E-state index contributed by atoms with van der Waals surface area (Å²) in [6, 6.07) is 112. The Labute approximate surface area is 786 Å². The maximum atomic E-state index is 15.4. The average Bonchev–Trinajstić information content (AvgIpc) is 0.775. The molecular formula is C111H112O24. The van der Waals surface area contributed by atoms with Gasteiger partial charge in [0.2, 0.25) is 0 Å². The Morgan fingerprint density at radius 3 is 0.733 bits per heavy atom. The number of ether oxygens (including phenoxy) is 20. The van der Waals surface area contributed by atoms with E-state index in [-0.39, 0.29) is 89.4 Å². The first-order valence-electron chi connectivity index (χ1n) is 45.6. The van der Waals surface area contributed by atoms with Crippen molar-refractivity contribution in [3.63, 3.8) is 0 Å². The van der Waals surface area contributed by atoms with Crippen LogP contribution in [-0.2, 0) is 154 Å². The SMILES string of the molecule is C=CCO[C@H]1O[C@H](CO[C@H]2O[C@H](CO[C@H]3O[C@H](CO)[C@@H](OCc4ccccc4)[C@H](OCc4ccccc4)[C@@H]3O[C@H]3O[C@H](COCc4ccccc4)[C@@H](OCc4ccccc4)[C@H](OCc4ccccc4)[C@@H]3OC(=O)c3ccccc3)[C@@H](OCc3ccccc3)[C@H](OCc3ccccc3)[C@@H]2OC(=O)c2ccccc2)[C@@H](OCc2ccccc2)[C@H](OCc2ccccc2)[C@@H]1OC(=O)c1ccccc1. The van der Waals surface area contributed by atoms with Gasteiger partial charge in [0, 0.05) is 0 Å². The molecule has 0 amide bonds. The van der Waals surface area contributed by atoms with Crippen molar-refractivity contribution >= 4 is 17.9 Å². The predicted molar refractivity (Wildman–Crippen MR) is 498 cm³/mol. The van der Waals surface area contributed by atoms with Crippen LogP contribution in [0.1, 0.15) is 81.1 Å². The lowest BCUT2D eigenvalue weighted by atomic mass is 9.95. The maximum Gasteiger partial charge on any atom is 0.338 e. The third-order valence-electron chi connectivity index (χ3n) is 23.5. The highest BCUT2D eigenvalue weighted by atomic mass is 16.8. The van der Waals surface area contributed by atoms with Crippen molar-refractivity contribution in [2.75, 3.05) is 33.0 Å². The molecule has 0 unspecified atom stereocenters. The van der Waals surface area contributed by atoms with Gasteiger partial charge < -0.3 is 99.8 Å². The zero-order valence-electron chi connectivity index (χ0n) is 74.7. The highest BCUT2D eigenvalue weighted by molar-refractivity contribution is 5.90. The number of aliphatic hydroxyl groups excluding tert-OH is 1. The van der Waals surface area contributed by atoms with Gasteiger partial charge in [-0.1, -0.05) is 334 Å². The van der Waals surface area contributed by atoms with Gasteiger partial charge in [-0.25, -0.2) is 14.4 Å². The number of hydrogen-bond acceptors (Lipinski definition) is 24. The molecule has 0 aliphatic carbocycles. The third kappa shape index (κ3) is 27.3. The molecule has 0 radical (unpaired) electrons. The Morgan fingerprint density at radius 2 is 0.452 bits per heavy atom. The normalized spacial score (nSPS) is 25.0. The zero-order valence-corrected chi connectivity index (χ0v) is 74.7. The summed E-state index contributed by atoms with van der Waals surface area (Å²) in [7, 11) is 0. The van der Waals surface area contributed by atoms with E-state index in [1.807, 2.05) is 273 Å². The van der Waals surface area contributed by atoms with Crippen molar-refractivity contribution in [3.8, 4) is 0 Å². The van der Waals surface area contributed by atoms with Gasteiger partial charge in [-0.3, -0.25) is 0 Å². The number of rotatable bonds is 46. The summed E-state index contributed by atoms with van der Waals surface area (Å²) in [4.78, 5) is 45.3. The van der Waals surface area contributed by atoms with Crippen molar-refractivity contribution in [2.45, 2.75) is 182 Å². The number of carbonyl (C=O) groups is 3. The number of hydrogen-bond donors (Lipinski definition) is 1. The minimum absolute atomic E-state index is 0.00120. The standard InChI is InChI=1S/C111H112O24/c1-2-63-117-108-101(132-105(113)86-57-33-12-34-58-86)98(123-71-83-51-27-9-28-52-83)95(120-68-80-45-21-6-22-46-80)91(129-108)75-126-109-102(133-106(114)87-59-35-13-36-60-87)99(124-72-84-53-29-10-30-54-84)96(121-69-81-47-23-7-24-48-81)92(130-109)76-127-110-103(97(122-70-82-49-25-8-26-50-82)93(89(64-112)128-110)118-66-78-41-17-4-18-42-78)135-111-104(134-107(115)88-61-37-14-38-62-88)100(125-73-85-55-31-11-32-56-85)94(119-67-79-43-19-5-20-44-79)90(131-111)74-116-65-77-39-15-3-16-40-77/h2-62,89-104,108-112H,1,63-76H2/t89-,90-,91-,92-,93-,94-,95-,96-,97+,98+,99+,100+,101+,102+,103+,104+,108+,109+,110+,111-/m1/s1. The van der Waals surface area contributed by atoms with E-state index in [1.165, 1.54) is 0 Å².